The van der Waals surface area contributed by atoms with Crippen molar-refractivity contribution in [1.82, 2.24) is 0 Å². The van der Waals surface area contributed by atoms with Gasteiger partial charge in [0.1, 0.15) is 24.4 Å². The lowest BCUT2D eigenvalue weighted by Crippen LogP contribution is -2.50. The van der Waals surface area contributed by atoms with E-state index >= 15 is 0 Å². The van der Waals surface area contributed by atoms with Gasteiger partial charge in [-0.2, -0.15) is 0 Å². The maximum atomic E-state index is 9.78. The van der Waals surface area contributed by atoms with Crippen LogP contribution in [0.25, 0.3) is 0 Å². The maximum absolute atomic E-state index is 9.78. The molecule has 0 aromatic rings. The molecule has 90 valence electrons. The van der Waals surface area contributed by atoms with Gasteiger partial charge in [0.05, 0.1) is 6.61 Å². The van der Waals surface area contributed by atoms with Crippen LogP contribution in [-0.2, 0) is 9.53 Å². The summed E-state index contributed by atoms with van der Waals surface area (Å²) in [6, 6.07) is 0. The Morgan fingerprint density at radius 1 is 1.00 bits per heavy atom. The van der Waals surface area contributed by atoms with Gasteiger partial charge in [0, 0.05) is 0 Å². The fraction of sp³-hybridized carbons (Fsp3) is 0.857. The molecule has 5 atom stereocenters. The van der Waals surface area contributed by atoms with Crippen LogP contribution in [0.3, 0.4) is 0 Å². The van der Waals surface area contributed by atoms with Crippen LogP contribution in [0.5, 0.6) is 0 Å². The molecule has 0 aliphatic heterocycles. The Labute approximate surface area is 85.0 Å². The van der Waals surface area contributed by atoms with Crippen LogP contribution in [0.15, 0.2) is 0 Å². The second kappa shape index (κ2) is 6.67. The summed E-state index contributed by atoms with van der Waals surface area (Å²) in [5.41, 5.74) is 0. The van der Waals surface area contributed by atoms with Gasteiger partial charge < -0.3 is 35.4 Å². The number of ether oxygens (including phenoxy) is 1. The number of hydrogen-bond donors (Lipinski definition) is 6. The van der Waals surface area contributed by atoms with E-state index in [9.17, 15) is 4.79 Å². The molecule has 0 bridgehead atoms. The Hall–Kier alpha value is -0.770. The zero-order chi connectivity index (χ0) is 12.0. The van der Waals surface area contributed by atoms with Crippen LogP contribution in [-0.4, -0.2) is 74.4 Å². The monoisotopic (exact) mass is 226 g/mol. The Morgan fingerprint density at radius 3 is 1.93 bits per heavy atom. The molecule has 8 heteroatoms. The predicted molar refractivity (Wildman–Crippen MR) is 44.3 cm³/mol. The van der Waals surface area contributed by atoms with Crippen LogP contribution >= 0.6 is 0 Å². The maximum Gasteiger partial charge on any atom is 0.295 e. The molecule has 0 aromatic carbocycles. The Morgan fingerprint density at radius 2 is 1.53 bits per heavy atom. The molecule has 0 amide bonds. The van der Waals surface area contributed by atoms with E-state index in [0.717, 1.165) is 0 Å². The van der Waals surface area contributed by atoms with E-state index in [0.29, 0.717) is 0 Å². The third-order valence-corrected chi connectivity index (χ3v) is 1.77. The topological polar surface area (TPSA) is 148 Å². The van der Waals surface area contributed by atoms with Gasteiger partial charge in [0.25, 0.3) is 6.47 Å². The molecule has 0 saturated carbocycles. The van der Waals surface area contributed by atoms with E-state index in [4.69, 9.17) is 30.6 Å². The smallest absolute Gasteiger partial charge is 0.295 e. The number of aliphatic hydroxyl groups is 6. The largest absolute Gasteiger partial charge is 0.435 e. The highest BCUT2D eigenvalue weighted by molar-refractivity contribution is 5.37. The number of carbonyl (C=O) groups excluding carboxylic acids is 1. The molecule has 8 nitrogen and oxygen atoms in total. The van der Waals surface area contributed by atoms with E-state index in [1.54, 1.807) is 0 Å². The van der Waals surface area contributed by atoms with Crippen LogP contribution < -0.4 is 0 Å². The van der Waals surface area contributed by atoms with Gasteiger partial charge in [-0.1, -0.05) is 0 Å². The SMILES string of the molecule is O=COC(O)[C@H](O)[C@H](O)[C@H](O)[C@H](O)CO. The molecule has 0 fully saturated rings. The van der Waals surface area contributed by atoms with Crippen LogP contribution in [0, 0.1) is 0 Å². The molecule has 1 unspecified atom stereocenters. The number of aliphatic hydroxyl groups excluding tert-OH is 6. The van der Waals surface area contributed by atoms with Gasteiger partial charge >= 0.3 is 0 Å². The quantitative estimate of drug-likeness (QED) is 0.189. The lowest BCUT2D eigenvalue weighted by atomic mass is 10.0. The minimum atomic E-state index is -2.03. The highest BCUT2D eigenvalue weighted by Gasteiger charge is 2.34. The molecule has 0 spiro atoms. The molecule has 0 saturated heterocycles. The number of carbonyl (C=O) groups is 1. The molecule has 0 rings (SSSR count). The predicted octanol–water partition coefficient (Wildman–Crippen LogP) is -4.09. The Kier molecular flexibility index (Phi) is 6.32. The molecular formula is C7H14O8. The first-order chi connectivity index (χ1) is 6.95. The molecule has 0 heterocycles. The summed E-state index contributed by atoms with van der Waals surface area (Å²) in [7, 11) is 0. The van der Waals surface area contributed by atoms with Gasteiger partial charge in [-0.25, -0.2) is 0 Å². The summed E-state index contributed by atoms with van der Waals surface area (Å²) >= 11 is 0. The Balaban J connectivity index is 4.28. The van der Waals surface area contributed by atoms with Crippen molar-refractivity contribution in [3.05, 3.63) is 0 Å². The molecule has 15 heavy (non-hydrogen) atoms. The highest BCUT2D eigenvalue weighted by atomic mass is 16.6. The first-order valence-electron chi connectivity index (χ1n) is 4.06. The zero-order valence-corrected chi connectivity index (χ0v) is 7.67. The molecular weight excluding hydrogens is 212 g/mol. The standard InChI is InChI=1S/C7H14O8/c8-1-3(10)4(11)5(12)6(13)7(14)15-2-9/h2-8,10-14H,1H2/t3-,4-,5-,6-,7?/m1/s1. The van der Waals surface area contributed by atoms with Crippen molar-refractivity contribution in [3.63, 3.8) is 0 Å². The second-order valence-corrected chi connectivity index (χ2v) is 2.84. The molecule has 6 N–H and O–H groups in total. The lowest BCUT2D eigenvalue weighted by Gasteiger charge is -2.27. The fourth-order valence-corrected chi connectivity index (χ4v) is 0.844. The van der Waals surface area contributed by atoms with Crippen LogP contribution in [0.2, 0.25) is 0 Å². The van der Waals surface area contributed by atoms with Gasteiger partial charge in [0.15, 0.2) is 0 Å². The van der Waals surface area contributed by atoms with Crippen LogP contribution in [0.4, 0.5) is 0 Å². The summed E-state index contributed by atoms with van der Waals surface area (Å²) in [5.74, 6) is 0. The molecule has 0 aromatic heterocycles. The highest BCUT2D eigenvalue weighted by Crippen LogP contribution is 2.08. The van der Waals surface area contributed by atoms with E-state index in [1.165, 1.54) is 0 Å². The first-order valence-corrected chi connectivity index (χ1v) is 4.06. The molecule has 0 radical (unpaired) electrons. The molecule has 0 aliphatic carbocycles. The number of rotatable bonds is 7. The minimum Gasteiger partial charge on any atom is -0.435 e. The van der Waals surface area contributed by atoms with Crippen molar-refractivity contribution in [2.24, 2.45) is 0 Å². The van der Waals surface area contributed by atoms with Crippen molar-refractivity contribution < 1.29 is 40.2 Å². The van der Waals surface area contributed by atoms with E-state index in [2.05, 4.69) is 4.74 Å². The van der Waals surface area contributed by atoms with Gasteiger partial charge in [-0.3, -0.25) is 4.79 Å². The average Bonchev–Trinajstić information content (AvgIpc) is 2.25. The third-order valence-electron chi connectivity index (χ3n) is 1.77. The summed E-state index contributed by atoms with van der Waals surface area (Å²) in [6.45, 7) is -0.995. The minimum absolute atomic E-state index is 0.157. The van der Waals surface area contributed by atoms with Crippen LogP contribution in [0.1, 0.15) is 0 Å². The lowest BCUT2D eigenvalue weighted by molar-refractivity contribution is -0.205. The van der Waals surface area contributed by atoms with E-state index in [1.807, 2.05) is 0 Å². The average molecular weight is 226 g/mol. The second-order valence-electron chi connectivity index (χ2n) is 2.84. The summed E-state index contributed by atoms with van der Waals surface area (Å²) in [4.78, 5) is 9.78. The number of hydrogen-bond acceptors (Lipinski definition) is 8. The van der Waals surface area contributed by atoms with Crippen molar-refractivity contribution in [1.29, 1.82) is 0 Å². The van der Waals surface area contributed by atoms with Crippen molar-refractivity contribution in [3.8, 4) is 0 Å². The van der Waals surface area contributed by atoms with Crippen molar-refractivity contribution in [2.45, 2.75) is 30.7 Å². The van der Waals surface area contributed by atoms with Gasteiger partial charge in [0.2, 0.25) is 6.29 Å². The third kappa shape index (κ3) is 4.08. The normalized spacial score (nSPS) is 21.2. The summed E-state index contributed by atoms with van der Waals surface area (Å²) in [6.07, 6.45) is -9.56. The van der Waals surface area contributed by atoms with E-state index < -0.39 is 37.3 Å². The fourth-order valence-electron chi connectivity index (χ4n) is 0.844. The van der Waals surface area contributed by atoms with E-state index in [-0.39, 0.29) is 6.47 Å². The van der Waals surface area contributed by atoms with Gasteiger partial charge in [-0.15, -0.1) is 0 Å². The van der Waals surface area contributed by atoms with Crippen molar-refractivity contribution in [2.75, 3.05) is 6.61 Å². The van der Waals surface area contributed by atoms with Gasteiger partial charge in [-0.05, 0) is 0 Å². The Bertz CT molecular complexity index is 186. The molecule has 0 aliphatic rings. The van der Waals surface area contributed by atoms with Crippen molar-refractivity contribution >= 4 is 6.47 Å². The summed E-state index contributed by atoms with van der Waals surface area (Å²) < 4.78 is 3.90. The zero-order valence-electron chi connectivity index (χ0n) is 7.67. The first kappa shape index (κ1) is 14.2. The summed E-state index contributed by atoms with van der Waals surface area (Å²) in [5, 5.41) is 53.5.